The lowest BCUT2D eigenvalue weighted by Gasteiger charge is -2.43. The number of likely N-dealkylation sites (tertiary alicyclic amines) is 1. The van der Waals surface area contributed by atoms with Crippen LogP contribution in [0.15, 0.2) is 55.6 Å². The standard InChI is InChI=1S/C31H42N2O6/c1-6-8-9-13-19-38-29(37)24-23-16-17-31(39-23)25(24)27(35)33(22(20-34)21-14-11-10-12-15-21)26(31)28(36)32(18-7-2)30(3,4)5/h6-7,10-12,14-15,22-26,34H,1-2,8-9,13,16-20H2,3-5H3/t22-,23-,24+,25+,26?,31?/m1/s1. The molecule has 0 aromatic heterocycles. The smallest absolute Gasteiger partial charge is 0.312 e. The van der Waals surface area contributed by atoms with Crippen molar-refractivity contribution in [3.8, 4) is 0 Å². The number of aliphatic hydroxyl groups excluding tert-OH is 1. The lowest BCUT2D eigenvalue weighted by Crippen LogP contribution is -2.60. The van der Waals surface area contributed by atoms with E-state index in [1.165, 1.54) is 4.90 Å². The molecule has 212 valence electrons. The topological polar surface area (TPSA) is 96.4 Å². The van der Waals surface area contributed by atoms with Gasteiger partial charge in [0, 0.05) is 12.1 Å². The molecule has 0 aliphatic carbocycles. The van der Waals surface area contributed by atoms with Crippen LogP contribution in [0, 0.1) is 11.8 Å². The van der Waals surface area contributed by atoms with Crippen molar-refractivity contribution < 1.29 is 29.0 Å². The minimum atomic E-state index is -1.17. The summed E-state index contributed by atoms with van der Waals surface area (Å²) in [5, 5.41) is 10.6. The maximum absolute atomic E-state index is 14.5. The van der Waals surface area contributed by atoms with Gasteiger partial charge in [-0.25, -0.2) is 0 Å². The van der Waals surface area contributed by atoms with Crippen LogP contribution in [0.3, 0.4) is 0 Å². The molecule has 1 N–H and O–H groups in total. The third-order valence-corrected chi connectivity index (χ3v) is 8.37. The van der Waals surface area contributed by atoms with Gasteiger partial charge >= 0.3 is 5.97 Å². The number of hydrogen-bond donors (Lipinski definition) is 1. The van der Waals surface area contributed by atoms with Crippen LogP contribution in [0.25, 0.3) is 0 Å². The van der Waals surface area contributed by atoms with Crippen LogP contribution in [0.1, 0.15) is 64.5 Å². The molecule has 0 radical (unpaired) electrons. The highest BCUT2D eigenvalue weighted by Crippen LogP contribution is 2.60. The van der Waals surface area contributed by atoms with Gasteiger partial charge in [-0.3, -0.25) is 14.4 Å². The quantitative estimate of drug-likeness (QED) is 0.247. The Morgan fingerprint density at radius 2 is 1.95 bits per heavy atom. The fourth-order valence-corrected chi connectivity index (χ4v) is 6.63. The summed E-state index contributed by atoms with van der Waals surface area (Å²) in [6.45, 7) is 13.5. The molecule has 0 saturated carbocycles. The number of amides is 2. The second-order valence-corrected chi connectivity index (χ2v) is 11.8. The summed E-state index contributed by atoms with van der Waals surface area (Å²) in [6, 6.07) is 7.43. The SMILES string of the molecule is C=CCCCCOC(=O)[C@@H]1[C@H]2C(=O)N([C@H](CO)c3ccccc3)C(C(=O)N(CC=C)C(C)(C)C)C23CC[C@H]1O3. The number of allylic oxidation sites excluding steroid dienone is 1. The van der Waals surface area contributed by atoms with E-state index < -0.39 is 47.1 Å². The summed E-state index contributed by atoms with van der Waals surface area (Å²) in [7, 11) is 0. The van der Waals surface area contributed by atoms with Crippen LogP contribution in [0.4, 0.5) is 0 Å². The molecule has 3 fully saturated rings. The Labute approximate surface area is 231 Å². The summed E-state index contributed by atoms with van der Waals surface area (Å²) in [5.74, 6) is -2.71. The maximum Gasteiger partial charge on any atom is 0.312 e. The highest BCUT2D eigenvalue weighted by molar-refractivity contribution is 5.98. The molecule has 3 saturated heterocycles. The number of rotatable bonds is 12. The van der Waals surface area contributed by atoms with Crippen LogP contribution >= 0.6 is 0 Å². The van der Waals surface area contributed by atoms with E-state index in [0.29, 0.717) is 24.8 Å². The first kappa shape index (κ1) is 29.0. The summed E-state index contributed by atoms with van der Waals surface area (Å²) in [6.07, 6.45) is 6.45. The van der Waals surface area contributed by atoms with Gasteiger partial charge in [0.2, 0.25) is 11.8 Å². The lowest BCUT2D eigenvalue weighted by molar-refractivity contribution is -0.157. The zero-order chi connectivity index (χ0) is 28.4. The number of carbonyl (C=O) groups excluding carboxylic acids is 3. The van der Waals surface area contributed by atoms with Crippen molar-refractivity contribution in [2.45, 2.75) is 82.2 Å². The molecule has 6 atom stereocenters. The van der Waals surface area contributed by atoms with E-state index in [-0.39, 0.29) is 31.6 Å². The highest BCUT2D eigenvalue weighted by atomic mass is 16.6. The first-order valence-electron chi connectivity index (χ1n) is 14.0. The molecular weight excluding hydrogens is 496 g/mol. The summed E-state index contributed by atoms with van der Waals surface area (Å²) in [5.41, 5.74) is -1.01. The van der Waals surface area contributed by atoms with E-state index in [9.17, 15) is 19.5 Å². The van der Waals surface area contributed by atoms with Crippen LogP contribution in [-0.4, -0.2) is 75.7 Å². The number of unbranched alkanes of at least 4 members (excludes halogenated alkanes) is 2. The van der Waals surface area contributed by atoms with Gasteiger partial charge in [-0.2, -0.15) is 0 Å². The molecule has 2 unspecified atom stereocenters. The Kier molecular flexibility index (Phi) is 8.66. The zero-order valence-corrected chi connectivity index (χ0v) is 23.4. The minimum absolute atomic E-state index is 0.260. The zero-order valence-electron chi connectivity index (χ0n) is 23.4. The normalized spacial score (nSPS) is 28.2. The fourth-order valence-electron chi connectivity index (χ4n) is 6.63. The van der Waals surface area contributed by atoms with Gasteiger partial charge in [0.15, 0.2) is 0 Å². The molecular formula is C31H42N2O6. The number of aliphatic hydroxyl groups is 1. The molecule has 3 heterocycles. The predicted molar refractivity (Wildman–Crippen MR) is 147 cm³/mol. The number of esters is 1. The van der Waals surface area contributed by atoms with Gasteiger partial charge in [0.1, 0.15) is 11.6 Å². The molecule has 4 rings (SSSR count). The van der Waals surface area contributed by atoms with Crippen molar-refractivity contribution in [2.24, 2.45) is 11.8 Å². The van der Waals surface area contributed by atoms with E-state index >= 15 is 0 Å². The van der Waals surface area contributed by atoms with Gasteiger partial charge in [-0.1, -0.05) is 42.5 Å². The average molecular weight is 539 g/mol. The van der Waals surface area contributed by atoms with Gasteiger partial charge in [0.05, 0.1) is 37.2 Å². The van der Waals surface area contributed by atoms with E-state index in [1.54, 1.807) is 11.0 Å². The van der Waals surface area contributed by atoms with Crippen molar-refractivity contribution in [3.63, 3.8) is 0 Å². The number of fused-ring (bicyclic) bond motifs is 1. The van der Waals surface area contributed by atoms with E-state index in [0.717, 1.165) is 12.8 Å². The molecule has 1 spiro atoms. The van der Waals surface area contributed by atoms with Crippen LogP contribution in [-0.2, 0) is 23.9 Å². The van der Waals surface area contributed by atoms with Crippen molar-refractivity contribution in [1.82, 2.24) is 9.80 Å². The Morgan fingerprint density at radius 1 is 1.23 bits per heavy atom. The van der Waals surface area contributed by atoms with Gasteiger partial charge in [-0.15, -0.1) is 13.2 Å². The molecule has 1 aromatic rings. The largest absolute Gasteiger partial charge is 0.465 e. The molecule has 2 amide bonds. The number of ether oxygens (including phenoxy) is 2. The Bertz CT molecular complexity index is 1080. The van der Waals surface area contributed by atoms with E-state index in [2.05, 4.69) is 13.2 Å². The molecule has 1 aromatic carbocycles. The molecule has 3 aliphatic rings. The lowest BCUT2D eigenvalue weighted by atomic mass is 9.70. The molecule has 3 aliphatic heterocycles. The van der Waals surface area contributed by atoms with Crippen molar-refractivity contribution >= 4 is 17.8 Å². The average Bonchev–Trinajstić information content (AvgIpc) is 3.55. The maximum atomic E-state index is 14.5. The number of nitrogens with zero attached hydrogens (tertiary/aromatic N) is 2. The van der Waals surface area contributed by atoms with Crippen LogP contribution < -0.4 is 0 Å². The predicted octanol–water partition coefficient (Wildman–Crippen LogP) is 3.81. The molecule has 8 heteroatoms. The first-order chi connectivity index (χ1) is 18.6. The third kappa shape index (κ3) is 5.16. The van der Waals surface area contributed by atoms with Crippen LogP contribution in [0.5, 0.6) is 0 Å². The molecule has 8 nitrogen and oxygen atoms in total. The number of benzene rings is 1. The van der Waals surface area contributed by atoms with Crippen molar-refractivity contribution in [2.75, 3.05) is 19.8 Å². The number of carbonyl (C=O) groups is 3. The van der Waals surface area contributed by atoms with E-state index in [1.807, 2.05) is 57.2 Å². The van der Waals surface area contributed by atoms with Crippen LogP contribution in [0.2, 0.25) is 0 Å². The summed E-state index contributed by atoms with van der Waals surface area (Å²) < 4.78 is 12.2. The molecule has 2 bridgehead atoms. The summed E-state index contributed by atoms with van der Waals surface area (Å²) in [4.78, 5) is 45.4. The number of hydrogen-bond acceptors (Lipinski definition) is 6. The highest BCUT2D eigenvalue weighted by Gasteiger charge is 2.76. The molecule has 39 heavy (non-hydrogen) atoms. The first-order valence-corrected chi connectivity index (χ1v) is 14.0. The Morgan fingerprint density at radius 3 is 2.56 bits per heavy atom. The van der Waals surface area contributed by atoms with Crippen molar-refractivity contribution in [1.29, 1.82) is 0 Å². The minimum Gasteiger partial charge on any atom is -0.465 e. The Balaban J connectivity index is 1.74. The summed E-state index contributed by atoms with van der Waals surface area (Å²) >= 11 is 0. The van der Waals surface area contributed by atoms with Gasteiger partial charge < -0.3 is 24.4 Å². The second kappa shape index (κ2) is 11.6. The van der Waals surface area contributed by atoms with Crippen molar-refractivity contribution in [3.05, 3.63) is 61.2 Å². The second-order valence-electron chi connectivity index (χ2n) is 11.8. The van der Waals surface area contributed by atoms with Gasteiger partial charge in [0.25, 0.3) is 0 Å². The van der Waals surface area contributed by atoms with E-state index in [4.69, 9.17) is 9.47 Å². The third-order valence-electron chi connectivity index (χ3n) is 8.37. The Hall–Kier alpha value is -2.97. The fraction of sp³-hybridized carbons (Fsp3) is 0.581. The monoisotopic (exact) mass is 538 g/mol. The van der Waals surface area contributed by atoms with Gasteiger partial charge in [-0.05, 0) is 58.4 Å².